The Morgan fingerprint density at radius 3 is 1.37 bits per heavy atom. The van der Waals surface area contributed by atoms with E-state index in [1.54, 1.807) is 7.11 Å². The third-order valence-electron chi connectivity index (χ3n) is 5.09. The van der Waals surface area contributed by atoms with Crippen LogP contribution in [0.25, 0.3) is 0 Å². The van der Waals surface area contributed by atoms with E-state index in [9.17, 15) is 8.42 Å². The maximum absolute atomic E-state index is 10.6. The van der Waals surface area contributed by atoms with Crippen molar-refractivity contribution >= 4 is 18.7 Å². The zero-order valence-electron chi connectivity index (χ0n) is 19.5. The summed E-state index contributed by atoms with van der Waals surface area (Å²) in [4.78, 5) is 0. The van der Waals surface area contributed by atoms with Crippen LogP contribution in [-0.2, 0) is 23.7 Å². The first-order valence-electron chi connectivity index (χ1n) is 12.0. The molecule has 8 heteroatoms. The van der Waals surface area contributed by atoms with Gasteiger partial charge in [0.15, 0.2) is 0 Å². The highest BCUT2D eigenvalue weighted by Gasteiger charge is 2.09. The Bertz CT molecular complexity index is 447. The molecular weight excluding hydrogens is 423 g/mol. The molecule has 0 saturated carbocycles. The Morgan fingerprint density at radius 2 is 1.00 bits per heavy atom. The van der Waals surface area contributed by atoms with Gasteiger partial charge < -0.3 is 13.6 Å². The van der Waals surface area contributed by atoms with Gasteiger partial charge in [0.2, 0.25) is 0 Å². The Morgan fingerprint density at radius 1 is 0.633 bits per heavy atom. The summed E-state index contributed by atoms with van der Waals surface area (Å²) in [5, 5.41) is 0. The van der Waals surface area contributed by atoms with Gasteiger partial charge in [0.25, 0.3) is 10.1 Å². The van der Waals surface area contributed by atoms with E-state index < -0.39 is 18.7 Å². The third kappa shape index (κ3) is 24.5. The summed E-state index contributed by atoms with van der Waals surface area (Å²) in [6, 6.07) is 0. The summed E-state index contributed by atoms with van der Waals surface area (Å²) in [6.07, 6.45) is 19.6. The average molecular weight is 471 g/mol. The van der Waals surface area contributed by atoms with Gasteiger partial charge in [0, 0.05) is 7.11 Å². The lowest BCUT2D eigenvalue weighted by atomic mass is 10.1. The predicted molar refractivity (Wildman–Crippen MR) is 126 cm³/mol. The molecule has 1 unspecified atom stereocenters. The van der Waals surface area contributed by atoms with Crippen molar-refractivity contribution in [2.24, 2.45) is 0 Å². The van der Waals surface area contributed by atoms with Gasteiger partial charge in [-0.1, -0.05) is 96.8 Å². The van der Waals surface area contributed by atoms with E-state index in [0.29, 0.717) is 13.0 Å². The van der Waals surface area contributed by atoms with Crippen LogP contribution in [0.2, 0.25) is 0 Å². The Hall–Kier alpha value is 0.220. The van der Waals surface area contributed by atoms with Gasteiger partial charge in [-0.05, 0) is 19.3 Å². The molecule has 0 spiro atoms. The number of hydrogen-bond acceptors (Lipinski definition) is 5. The van der Waals surface area contributed by atoms with Gasteiger partial charge in [-0.25, -0.2) is 0 Å². The van der Waals surface area contributed by atoms with Crippen molar-refractivity contribution in [2.45, 2.75) is 116 Å². The van der Waals surface area contributed by atoms with Crippen molar-refractivity contribution in [1.82, 2.24) is 0 Å². The minimum atomic E-state index is -3.78. The van der Waals surface area contributed by atoms with Crippen LogP contribution in [0.3, 0.4) is 0 Å². The first-order chi connectivity index (χ1) is 14.5. The minimum absolute atomic E-state index is 0.107. The second-order valence-corrected chi connectivity index (χ2v) is 10.9. The lowest BCUT2D eigenvalue weighted by Gasteiger charge is -2.14. The van der Waals surface area contributed by atoms with Crippen molar-refractivity contribution in [3.63, 3.8) is 0 Å². The Kier molecular flexibility index (Phi) is 22.6. The fourth-order valence-electron chi connectivity index (χ4n) is 3.28. The fraction of sp³-hybridized carbons (Fsp3) is 1.00. The van der Waals surface area contributed by atoms with Gasteiger partial charge in [-0.2, -0.15) is 8.42 Å². The van der Waals surface area contributed by atoms with Crippen LogP contribution in [0, 0.1) is 0 Å². The molecule has 0 heterocycles. The summed E-state index contributed by atoms with van der Waals surface area (Å²) >= 11 is 0. The fourth-order valence-corrected chi connectivity index (χ4v) is 4.69. The molecule has 1 N–H and O–H groups in total. The lowest BCUT2D eigenvalue weighted by Crippen LogP contribution is -2.03. The van der Waals surface area contributed by atoms with E-state index in [4.69, 9.17) is 18.1 Å². The maximum atomic E-state index is 10.6. The number of hydrogen-bond donors (Lipinski definition) is 1. The van der Waals surface area contributed by atoms with Crippen LogP contribution < -0.4 is 0 Å². The van der Waals surface area contributed by atoms with Crippen molar-refractivity contribution in [3.05, 3.63) is 0 Å². The van der Waals surface area contributed by atoms with E-state index in [1.165, 1.54) is 70.6 Å². The summed E-state index contributed by atoms with van der Waals surface area (Å²) in [6.45, 7) is 3.67. The molecular formula is C22H47O6PS. The quantitative estimate of drug-likeness (QED) is 0.0897. The summed E-state index contributed by atoms with van der Waals surface area (Å²) < 4.78 is 46.6. The van der Waals surface area contributed by atoms with Crippen molar-refractivity contribution in [1.29, 1.82) is 0 Å². The molecule has 0 amide bonds. The average Bonchev–Trinajstić information content (AvgIpc) is 2.71. The van der Waals surface area contributed by atoms with E-state index in [1.807, 2.05) is 0 Å². The summed E-state index contributed by atoms with van der Waals surface area (Å²) in [5.74, 6) is -0.107. The molecule has 1 atom stereocenters. The molecule has 182 valence electrons. The summed E-state index contributed by atoms with van der Waals surface area (Å²) in [5.41, 5.74) is 0. The SMILES string of the molecule is CCCCCCCCCOP(OC)OCCCCCCCCCCCCS(=O)(=O)O. The zero-order valence-corrected chi connectivity index (χ0v) is 21.2. The van der Waals surface area contributed by atoms with E-state index >= 15 is 0 Å². The van der Waals surface area contributed by atoms with Crippen molar-refractivity contribution in [3.8, 4) is 0 Å². The zero-order chi connectivity index (χ0) is 22.3. The Labute approximate surface area is 187 Å². The molecule has 0 aliphatic heterocycles. The minimum Gasteiger partial charge on any atom is -0.316 e. The van der Waals surface area contributed by atoms with Crippen molar-refractivity contribution < 1.29 is 26.5 Å². The van der Waals surface area contributed by atoms with Crippen LogP contribution in [0.5, 0.6) is 0 Å². The molecule has 0 rings (SSSR count). The molecule has 0 aliphatic carbocycles. The van der Waals surface area contributed by atoms with Crippen LogP contribution in [0.15, 0.2) is 0 Å². The molecule has 0 aromatic carbocycles. The Balaban J connectivity index is 3.31. The van der Waals surface area contributed by atoms with Gasteiger partial charge in [-0.15, -0.1) is 0 Å². The van der Waals surface area contributed by atoms with Crippen LogP contribution >= 0.6 is 8.60 Å². The van der Waals surface area contributed by atoms with Crippen LogP contribution in [0.1, 0.15) is 116 Å². The molecule has 0 bridgehead atoms. The highest BCUT2D eigenvalue weighted by Crippen LogP contribution is 2.38. The molecule has 0 aromatic heterocycles. The second kappa shape index (κ2) is 22.4. The third-order valence-corrected chi connectivity index (χ3v) is 6.98. The molecule has 0 saturated heterocycles. The van der Waals surface area contributed by atoms with Gasteiger partial charge in [0.1, 0.15) is 0 Å². The van der Waals surface area contributed by atoms with Crippen LogP contribution in [0.4, 0.5) is 0 Å². The van der Waals surface area contributed by atoms with Gasteiger partial charge >= 0.3 is 8.60 Å². The first kappa shape index (κ1) is 30.2. The standard InChI is InChI=1S/C22H47O6PS/c1-3-4-5-6-11-14-17-20-27-29(26-2)28-21-18-15-12-9-7-8-10-13-16-19-22-30(23,24)25/h3-22H2,1-2H3,(H,23,24,25). The maximum Gasteiger partial charge on any atom is 0.332 e. The highest BCUT2D eigenvalue weighted by molar-refractivity contribution is 7.85. The van der Waals surface area contributed by atoms with Gasteiger partial charge in [0.05, 0.1) is 19.0 Å². The van der Waals surface area contributed by atoms with Crippen molar-refractivity contribution in [2.75, 3.05) is 26.1 Å². The first-order valence-corrected chi connectivity index (χ1v) is 14.7. The molecule has 0 fully saturated rings. The van der Waals surface area contributed by atoms with E-state index in [2.05, 4.69) is 6.92 Å². The highest BCUT2D eigenvalue weighted by atomic mass is 32.2. The summed E-state index contributed by atoms with van der Waals surface area (Å²) in [7, 11) is -3.32. The van der Waals surface area contributed by atoms with Crippen LogP contribution in [-0.4, -0.2) is 39.0 Å². The molecule has 0 radical (unpaired) electrons. The van der Waals surface area contributed by atoms with E-state index in [0.717, 1.165) is 38.7 Å². The molecule has 30 heavy (non-hydrogen) atoms. The largest absolute Gasteiger partial charge is 0.332 e. The lowest BCUT2D eigenvalue weighted by molar-refractivity contribution is 0.175. The molecule has 0 aliphatic rings. The predicted octanol–water partition coefficient (Wildman–Crippen LogP) is 7.43. The van der Waals surface area contributed by atoms with E-state index in [-0.39, 0.29) is 5.75 Å². The number of unbranched alkanes of at least 4 members (excludes halogenated alkanes) is 15. The smallest absolute Gasteiger partial charge is 0.316 e. The number of rotatable bonds is 24. The monoisotopic (exact) mass is 470 g/mol. The molecule has 6 nitrogen and oxygen atoms in total. The van der Waals surface area contributed by atoms with Gasteiger partial charge in [-0.3, -0.25) is 4.55 Å². The normalized spacial score (nSPS) is 13.0. The molecule has 0 aromatic rings. The second-order valence-electron chi connectivity index (χ2n) is 8.02. The topological polar surface area (TPSA) is 82.1 Å².